The average molecular weight is 233 g/mol. The molecule has 0 heterocycles. The summed E-state index contributed by atoms with van der Waals surface area (Å²) in [5.41, 5.74) is -0.974. The van der Waals surface area contributed by atoms with Crippen LogP contribution in [-0.2, 0) is 16.7 Å². The van der Waals surface area contributed by atoms with Crippen LogP contribution in [0.1, 0.15) is 5.56 Å². The summed E-state index contributed by atoms with van der Waals surface area (Å²) in [5, 5.41) is 19.3. The van der Waals surface area contributed by atoms with Crippen LogP contribution < -0.4 is 0 Å². The molecule has 0 bridgehead atoms. The number of aliphatic hydroxyl groups is 1. The van der Waals surface area contributed by atoms with Crippen LogP contribution in [0, 0.1) is 10.1 Å². The molecule has 2 N–H and O–H groups in total. The summed E-state index contributed by atoms with van der Waals surface area (Å²) in [6.45, 7) is -0.841. The smallest absolute Gasteiger partial charge is 0.295 e. The zero-order chi connectivity index (χ0) is 11.6. The summed E-state index contributed by atoms with van der Waals surface area (Å²) in [5.74, 6) is 0. The SMILES string of the molecule is O=[N+]([O-])c1cccc(S(=O)(=O)O)c1CO. The van der Waals surface area contributed by atoms with E-state index in [0.717, 1.165) is 18.2 Å². The predicted molar refractivity (Wildman–Crippen MR) is 48.8 cm³/mol. The quantitative estimate of drug-likeness (QED) is 0.441. The Balaban J connectivity index is 3.56. The monoisotopic (exact) mass is 233 g/mol. The van der Waals surface area contributed by atoms with Crippen molar-refractivity contribution in [1.29, 1.82) is 0 Å². The molecular formula is C7H7NO6S. The van der Waals surface area contributed by atoms with Gasteiger partial charge in [0, 0.05) is 6.07 Å². The van der Waals surface area contributed by atoms with Crippen LogP contribution in [0.3, 0.4) is 0 Å². The Morgan fingerprint density at radius 2 is 2.00 bits per heavy atom. The molecule has 1 rings (SSSR count). The van der Waals surface area contributed by atoms with E-state index >= 15 is 0 Å². The number of nitrogens with zero attached hydrogens (tertiary/aromatic N) is 1. The van der Waals surface area contributed by atoms with Gasteiger partial charge < -0.3 is 5.11 Å². The Labute approximate surface area is 84.9 Å². The van der Waals surface area contributed by atoms with Crippen molar-refractivity contribution in [3.63, 3.8) is 0 Å². The summed E-state index contributed by atoms with van der Waals surface area (Å²) in [6.07, 6.45) is 0. The molecule has 0 aromatic heterocycles. The summed E-state index contributed by atoms with van der Waals surface area (Å²) >= 11 is 0. The van der Waals surface area contributed by atoms with Crippen LogP contribution in [0.4, 0.5) is 5.69 Å². The molecule has 0 unspecified atom stereocenters. The van der Waals surface area contributed by atoms with E-state index in [1.54, 1.807) is 0 Å². The van der Waals surface area contributed by atoms with Crippen LogP contribution in [0.15, 0.2) is 23.1 Å². The van der Waals surface area contributed by atoms with E-state index in [2.05, 4.69) is 0 Å². The average Bonchev–Trinajstić information content (AvgIpc) is 2.15. The van der Waals surface area contributed by atoms with Crippen LogP contribution in [0.2, 0.25) is 0 Å². The normalized spacial score (nSPS) is 11.3. The number of hydrogen-bond donors (Lipinski definition) is 2. The molecule has 1 aromatic carbocycles. The minimum absolute atomic E-state index is 0.426. The van der Waals surface area contributed by atoms with Crippen molar-refractivity contribution in [1.82, 2.24) is 0 Å². The molecular weight excluding hydrogens is 226 g/mol. The summed E-state index contributed by atoms with van der Waals surface area (Å²) in [6, 6.07) is 3.13. The van der Waals surface area contributed by atoms with Crippen LogP contribution >= 0.6 is 0 Å². The van der Waals surface area contributed by atoms with Gasteiger partial charge >= 0.3 is 0 Å². The van der Waals surface area contributed by atoms with Crippen molar-refractivity contribution in [3.05, 3.63) is 33.9 Å². The molecule has 15 heavy (non-hydrogen) atoms. The number of hydrogen-bond acceptors (Lipinski definition) is 5. The summed E-state index contributed by atoms with van der Waals surface area (Å²) < 4.78 is 30.4. The third-order valence-electron chi connectivity index (χ3n) is 1.74. The molecule has 8 heteroatoms. The third-order valence-corrected chi connectivity index (χ3v) is 2.68. The van der Waals surface area contributed by atoms with Gasteiger partial charge in [-0.2, -0.15) is 8.42 Å². The first-order chi connectivity index (χ1) is 6.88. The van der Waals surface area contributed by atoms with Gasteiger partial charge in [0.25, 0.3) is 15.8 Å². The maximum atomic E-state index is 10.8. The molecule has 82 valence electrons. The summed E-state index contributed by atoms with van der Waals surface area (Å²) in [7, 11) is -4.57. The minimum atomic E-state index is -4.57. The van der Waals surface area contributed by atoms with Crippen molar-refractivity contribution in [2.75, 3.05) is 0 Å². The second-order valence-corrected chi connectivity index (χ2v) is 4.03. The topological polar surface area (TPSA) is 118 Å². The van der Waals surface area contributed by atoms with E-state index in [9.17, 15) is 18.5 Å². The highest BCUT2D eigenvalue weighted by molar-refractivity contribution is 7.85. The van der Waals surface area contributed by atoms with Crippen molar-refractivity contribution < 1.29 is 23.0 Å². The molecule has 0 saturated heterocycles. The zero-order valence-corrected chi connectivity index (χ0v) is 8.14. The Hall–Kier alpha value is -1.51. The number of nitro benzene ring substituents is 1. The molecule has 0 radical (unpaired) electrons. The molecule has 0 amide bonds. The third kappa shape index (κ3) is 2.29. The Morgan fingerprint density at radius 3 is 2.40 bits per heavy atom. The molecule has 0 atom stereocenters. The van der Waals surface area contributed by atoms with Crippen molar-refractivity contribution in [3.8, 4) is 0 Å². The van der Waals surface area contributed by atoms with E-state index in [0.29, 0.717) is 0 Å². The first-order valence-electron chi connectivity index (χ1n) is 3.72. The van der Waals surface area contributed by atoms with E-state index in [1.165, 1.54) is 0 Å². The lowest BCUT2D eigenvalue weighted by atomic mass is 10.2. The maximum absolute atomic E-state index is 10.8. The largest absolute Gasteiger partial charge is 0.391 e. The van der Waals surface area contributed by atoms with Gasteiger partial charge in [-0.05, 0) is 6.07 Å². The second-order valence-electron chi connectivity index (χ2n) is 2.64. The maximum Gasteiger partial charge on any atom is 0.295 e. The molecule has 0 aliphatic rings. The van der Waals surface area contributed by atoms with Crippen molar-refractivity contribution >= 4 is 15.8 Å². The molecule has 0 fully saturated rings. The van der Waals surface area contributed by atoms with Crippen LogP contribution in [0.5, 0.6) is 0 Å². The molecule has 1 aromatic rings. The van der Waals surface area contributed by atoms with Gasteiger partial charge in [0.15, 0.2) is 0 Å². The van der Waals surface area contributed by atoms with Gasteiger partial charge in [-0.1, -0.05) is 6.07 Å². The lowest BCUT2D eigenvalue weighted by Gasteiger charge is -2.04. The number of nitro groups is 1. The summed E-state index contributed by atoms with van der Waals surface area (Å²) in [4.78, 5) is 8.99. The highest BCUT2D eigenvalue weighted by Gasteiger charge is 2.23. The Morgan fingerprint density at radius 1 is 1.40 bits per heavy atom. The van der Waals surface area contributed by atoms with Crippen molar-refractivity contribution in [2.24, 2.45) is 0 Å². The second kappa shape index (κ2) is 3.93. The lowest BCUT2D eigenvalue weighted by molar-refractivity contribution is -0.386. The van der Waals surface area contributed by atoms with E-state index in [1.807, 2.05) is 0 Å². The zero-order valence-electron chi connectivity index (χ0n) is 7.32. The first-order valence-corrected chi connectivity index (χ1v) is 5.16. The lowest BCUT2D eigenvalue weighted by Crippen LogP contribution is -2.06. The van der Waals surface area contributed by atoms with Crippen LogP contribution in [-0.4, -0.2) is 23.0 Å². The predicted octanol–water partition coefficient (Wildman–Crippen LogP) is 0.334. The van der Waals surface area contributed by atoms with E-state index < -0.39 is 37.8 Å². The Kier molecular flexibility index (Phi) is 3.03. The Bertz CT molecular complexity index is 494. The van der Waals surface area contributed by atoms with Gasteiger partial charge in [-0.25, -0.2) is 0 Å². The first kappa shape index (κ1) is 11.6. The van der Waals surface area contributed by atoms with Crippen molar-refractivity contribution in [2.45, 2.75) is 11.5 Å². The fourth-order valence-electron chi connectivity index (χ4n) is 1.13. The van der Waals surface area contributed by atoms with Crippen LogP contribution in [0.25, 0.3) is 0 Å². The van der Waals surface area contributed by atoms with E-state index in [4.69, 9.17) is 9.66 Å². The molecule has 0 spiro atoms. The van der Waals surface area contributed by atoms with Gasteiger partial charge in [0.2, 0.25) is 0 Å². The van der Waals surface area contributed by atoms with Gasteiger partial charge in [-0.15, -0.1) is 0 Å². The number of benzene rings is 1. The highest BCUT2D eigenvalue weighted by Crippen LogP contribution is 2.25. The minimum Gasteiger partial charge on any atom is -0.391 e. The molecule has 0 saturated carbocycles. The molecule has 0 aliphatic carbocycles. The van der Waals surface area contributed by atoms with E-state index in [-0.39, 0.29) is 0 Å². The van der Waals surface area contributed by atoms with Gasteiger partial charge in [0.1, 0.15) is 4.90 Å². The fourth-order valence-corrected chi connectivity index (χ4v) is 1.86. The number of rotatable bonds is 3. The van der Waals surface area contributed by atoms with Gasteiger partial charge in [-0.3, -0.25) is 14.7 Å². The van der Waals surface area contributed by atoms with Gasteiger partial charge in [0.05, 0.1) is 17.1 Å². The molecule has 7 nitrogen and oxygen atoms in total. The molecule has 0 aliphatic heterocycles. The standard InChI is InChI=1S/C7H7NO6S/c9-4-5-6(8(10)11)2-1-3-7(5)15(12,13)14/h1-3,9H,4H2,(H,12,13,14). The number of aliphatic hydroxyl groups excluding tert-OH is 1. The fraction of sp³-hybridized carbons (Fsp3) is 0.143. The highest BCUT2D eigenvalue weighted by atomic mass is 32.2.